The van der Waals surface area contributed by atoms with Crippen LogP contribution in [0.5, 0.6) is 0 Å². The first-order chi connectivity index (χ1) is 9.49. The van der Waals surface area contributed by atoms with Crippen LogP contribution in [-0.4, -0.2) is 32.1 Å². The third kappa shape index (κ3) is 3.04. The number of hydrogen-bond donors (Lipinski definition) is 1. The van der Waals surface area contributed by atoms with Gasteiger partial charge in [-0.1, -0.05) is 19.0 Å². The Morgan fingerprint density at radius 3 is 2.50 bits per heavy atom. The van der Waals surface area contributed by atoms with E-state index in [4.69, 9.17) is 4.52 Å². The van der Waals surface area contributed by atoms with E-state index in [1.54, 1.807) is 31.0 Å². The van der Waals surface area contributed by atoms with E-state index in [9.17, 15) is 4.79 Å². The van der Waals surface area contributed by atoms with Gasteiger partial charge >= 0.3 is 0 Å². The lowest BCUT2D eigenvalue weighted by Crippen LogP contribution is -2.42. The average Bonchev–Trinajstić information content (AvgIpc) is 2.98. The summed E-state index contributed by atoms with van der Waals surface area (Å²) in [6, 6.07) is -0.0661. The van der Waals surface area contributed by atoms with Crippen LogP contribution in [0, 0.1) is 19.8 Å². The molecule has 2 rings (SSSR count). The number of rotatable bonds is 5. The van der Waals surface area contributed by atoms with E-state index in [0.29, 0.717) is 23.6 Å². The summed E-state index contributed by atoms with van der Waals surface area (Å²) in [6.45, 7) is 8.10. The van der Waals surface area contributed by atoms with E-state index < -0.39 is 0 Å². The molecule has 20 heavy (non-hydrogen) atoms. The maximum Gasteiger partial charge on any atom is 0.257 e. The van der Waals surface area contributed by atoms with E-state index in [1.807, 2.05) is 13.8 Å². The molecule has 2 aromatic rings. The molecule has 0 spiro atoms. The number of aromatic nitrogens is 4. The fourth-order valence-electron chi connectivity index (χ4n) is 1.98. The molecular formula is C13H19N5O2. The Morgan fingerprint density at radius 2 is 2.00 bits per heavy atom. The Bertz CT molecular complexity index is 554. The first-order valence-corrected chi connectivity index (χ1v) is 6.57. The van der Waals surface area contributed by atoms with Crippen molar-refractivity contribution in [2.45, 2.75) is 40.3 Å². The molecule has 1 amide bonds. The highest BCUT2D eigenvalue weighted by molar-refractivity contribution is 5.96. The van der Waals surface area contributed by atoms with Crippen LogP contribution >= 0.6 is 0 Å². The van der Waals surface area contributed by atoms with Gasteiger partial charge in [0.05, 0.1) is 30.7 Å². The first kappa shape index (κ1) is 14.2. The van der Waals surface area contributed by atoms with Gasteiger partial charge in [-0.2, -0.15) is 15.0 Å². The van der Waals surface area contributed by atoms with Crippen molar-refractivity contribution in [1.29, 1.82) is 0 Å². The van der Waals surface area contributed by atoms with Crippen LogP contribution in [0.15, 0.2) is 16.9 Å². The lowest BCUT2D eigenvalue weighted by molar-refractivity contribution is 0.0915. The van der Waals surface area contributed by atoms with Crippen molar-refractivity contribution in [2.75, 3.05) is 0 Å². The van der Waals surface area contributed by atoms with Gasteiger partial charge in [-0.15, -0.1) is 0 Å². The van der Waals surface area contributed by atoms with Gasteiger partial charge in [0, 0.05) is 0 Å². The van der Waals surface area contributed by atoms with E-state index in [2.05, 4.69) is 20.7 Å². The molecular weight excluding hydrogens is 258 g/mol. The van der Waals surface area contributed by atoms with Crippen molar-refractivity contribution >= 4 is 5.91 Å². The Hall–Kier alpha value is -2.18. The first-order valence-electron chi connectivity index (χ1n) is 6.57. The highest BCUT2D eigenvalue weighted by Crippen LogP contribution is 2.13. The minimum absolute atomic E-state index is 0.0661. The molecule has 0 fully saturated rings. The van der Waals surface area contributed by atoms with Crippen LogP contribution in [0.4, 0.5) is 0 Å². The predicted octanol–water partition coefficient (Wildman–Crippen LogP) is 1.34. The molecule has 7 heteroatoms. The summed E-state index contributed by atoms with van der Waals surface area (Å²) in [4.78, 5) is 13.9. The number of aryl methyl sites for hydroxylation is 2. The van der Waals surface area contributed by atoms with Gasteiger partial charge in [-0.3, -0.25) is 4.79 Å². The zero-order chi connectivity index (χ0) is 14.7. The van der Waals surface area contributed by atoms with E-state index in [-0.39, 0.29) is 17.9 Å². The highest BCUT2D eigenvalue weighted by Gasteiger charge is 2.23. The molecule has 0 saturated heterocycles. The fraction of sp³-hybridized carbons (Fsp3) is 0.538. The molecule has 2 heterocycles. The normalized spacial score (nSPS) is 12.7. The van der Waals surface area contributed by atoms with Gasteiger partial charge in [0.2, 0.25) is 0 Å². The molecule has 1 unspecified atom stereocenters. The second-order valence-electron chi connectivity index (χ2n) is 5.11. The van der Waals surface area contributed by atoms with Crippen LogP contribution in [-0.2, 0) is 6.54 Å². The van der Waals surface area contributed by atoms with Gasteiger partial charge in [0.25, 0.3) is 5.91 Å². The molecule has 0 saturated carbocycles. The molecule has 7 nitrogen and oxygen atoms in total. The second kappa shape index (κ2) is 5.85. The van der Waals surface area contributed by atoms with Gasteiger partial charge in [0.15, 0.2) is 0 Å². The zero-order valence-electron chi connectivity index (χ0n) is 12.1. The summed E-state index contributed by atoms with van der Waals surface area (Å²) < 4.78 is 5.02. The molecule has 1 N–H and O–H groups in total. The quantitative estimate of drug-likeness (QED) is 0.891. The fourth-order valence-corrected chi connectivity index (χ4v) is 1.98. The maximum atomic E-state index is 12.3. The summed E-state index contributed by atoms with van der Waals surface area (Å²) in [7, 11) is 0. The summed E-state index contributed by atoms with van der Waals surface area (Å²) in [5.74, 6) is 0.609. The molecule has 1 atom stereocenters. The highest BCUT2D eigenvalue weighted by atomic mass is 16.5. The summed E-state index contributed by atoms with van der Waals surface area (Å²) >= 11 is 0. The maximum absolute atomic E-state index is 12.3. The van der Waals surface area contributed by atoms with Crippen molar-refractivity contribution in [3.63, 3.8) is 0 Å². The topological polar surface area (TPSA) is 85.8 Å². The number of carbonyl (C=O) groups is 1. The minimum atomic E-state index is -0.174. The Labute approximate surface area is 117 Å². The Kier molecular flexibility index (Phi) is 4.16. The number of hydrogen-bond acceptors (Lipinski definition) is 5. The van der Waals surface area contributed by atoms with Crippen LogP contribution < -0.4 is 5.32 Å². The number of carbonyl (C=O) groups excluding carboxylic acids is 1. The van der Waals surface area contributed by atoms with Gasteiger partial charge in [-0.05, 0) is 19.8 Å². The van der Waals surface area contributed by atoms with Gasteiger partial charge in [-0.25, -0.2) is 0 Å². The summed E-state index contributed by atoms with van der Waals surface area (Å²) in [6.07, 6.45) is 3.24. The Morgan fingerprint density at radius 1 is 1.35 bits per heavy atom. The van der Waals surface area contributed by atoms with Crippen molar-refractivity contribution in [3.8, 4) is 0 Å². The molecule has 108 valence electrons. The smallest absolute Gasteiger partial charge is 0.257 e. The van der Waals surface area contributed by atoms with Crippen molar-refractivity contribution in [1.82, 2.24) is 25.5 Å². The lowest BCUT2D eigenvalue weighted by atomic mass is 10.0. The van der Waals surface area contributed by atoms with Crippen LogP contribution in [0.2, 0.25) is 0 Å². The molecule has 0 radical (unpaired) electrons. The minimum Gasteiger partial charge on any atom is -0.361 e. The third-order valence-electron chi connectivity index (χ3n) is 3.21. The zero-order valence-corrected chi connectivity index (χ0v) is 12.1. The lowest BCUT2D eigenvalue weighted by Gasteiger charge is -2.21. The van der Waals surface area contributed by atoms with E-state index >= 15 is 0 Å². The molecule has 0 aromatic carbocycles. The summed E-state index contributed by atoms with van der Waals surface area (Å²) in [5, 5.41) is 14.9. The number of nitrogens with one attached hydrogen (secondary N) is 1. The molecule has 0 bridgehead atoms. The van der Waals surface area contributed by atoms with Crippen molar-refractivity contribution in [3.05, 3.63) is 29.4 Å². The van der Waals surface area contributed by atoms with Gasteiger partial charge in [0.1, 0.15) is 11.3 Å². The van der Waals surface area contributed by atoms with Crippen LogP contribution in [0.3, 0.4) is 0 Å². The monoisotopic (exact) mass is 277 g/mol. The SMILES string of the molecule is Cc1noc(C)c1C(=O)NC(Cn1nccn1)C(C)C. The largest absolute Gasteiger partial charge is 0.361 e. The van der Waals surface area contributed by atoms with Crippen molar-refractivity contribution < 1.29 is 9.32 Å². The van der Waals surface area contributed by atoms with Crippen molar-refractivity contribution in [2.24, 2.45) is 5.92 Å². The molecule has 0 aliphatic rings. The molecule has 2 aromatic heterocycles. The van der Waals surface area contributed by atoms with Crippen LogP contribution in [0.25, 0.3) is 0 Å². The van der Waals surface area contributed by atoms with E-state index in [0.717, 1.165) is 0 Å². The van der Waals surface area contributed by atoms with Gasteiger partial charge < -0.3 is 9.84 Å². The molecule has 0 aliphatic carbocycles. The van der Waals surface area contributed by atoms with E-state index in [1.165, 1.54) is 0 Å². The molecule has 0 aliphatic heterocycles. The Balaban J connectivity index is 2.10. The second-order valence-corrected chi connectivity index (χ2v) is 5.11. The standard InChI is InChI=1S/C13H19N5O2/c1-8(2)11(7-18-14-5-6-15-18)16-13(19)12-9(3)17-20-10(12)4/h5-6,8,11H,7H2,1-4H3,(H,16,19). The van der Waals surface area contributed by atoms with Crippen LogP contribution in [0.1, 0.15) is 35.7 Å². The number of nitrogens with zero attached hydrogens (tertiary/aromatic N) is 4. The number of amides is 1. The summed E-state index contributed by atoms with van der Waals surface area (Å²) in [5.41, 5.74) is 1.10. The third-order valence-corrected chi connectivity index (χ3v) is 3.21. The average molecular weight is 277 g/mol. The predicted molar refractivity (Wildman–Crippen MR) is 72.1 cm³/mol.